The zero-order chi connectivity index (χ0) is 18.6. The minimum absolute atomic E-state index is 0.0844. The molecule has 0 amide bonds. The highest BCUT2D eigenvalue weighted by atomic mass is 19.3. The molecule has 0 atom stereocenters. The molecule has 1 fully saturated rings. The third-order valence-corrected chi connectivity index (χ3v) is 2.96. The lowest BCUT2D eigenvalue weighted by Gasteiger charge is -2.29. The fourth-order valence-electron chi connectivity index (χ4n) is 1.99. The van der Waals surface area contributed by atoms with Crippen LogP contribution in [0.4, 0.5) is 14.5 Å². The fourth-order valence-corrected chi connectivity index (χ4v) is 1.99. The number of anilines is 1. The average Bonchev–Trinajstić information content (AvgIpc) is 2.47. The molecule has 9 heteroatoms. The molecule has 2 rings (SSSR count). The number of carbonyl (C=O) groups is 2. The molecule has 1 aromatic rings. The Hall–Kier alpha value is -2.84. The molecule has 7 nitrogen and oxygen atoms in total. The lowest BCUT2D eigenvalue weighted by molar-refractivity contribution is -0.222. The molecule has 136 valence electrons. The van der Waals surface area contributed by atoms with Crippen LogP contribution in [0.25, 0.3) is 0 Å². The predicted octanol–water partition coefficient (Wildman–Crippen LogP) is 2.82. The number of rotatable bonds is 6. The minimum atomic E-state index is -2.99. The Morgan fingerprint density at radius 1 is 1.20 bits per heavy atom. The molecule has 25 heavy (non-hydrogen) atoms. The Labute approximate surface area is 142 Å². The third kappa shape index (κ3) is 4.82. The molecule has 1 aromatic carbocycles. The average molecular weight is 357 g/mol. The molecule has 0 aromatic heterocycles. The van der Waals surface area contributed by atoms with Crippen molar-refractivity contribution >= 4 is 17.6 Å². The highest BCUT2D eigenvalue weighted by Crippen LogP contribution is 2.32. The number of halogens is 2. The number of carbonyl (C=O) groups excluding carboxylic acids is 2. The zero-order valence-electron chi connectivity index (χ0n) is 13.8. The summed E-state index contributed by atoms with van der Waals surface area (Å²) in [6.45, 7) is 1.80. The van der Waals surface area contributed by atoms with Crippen LogP contribution in [0.2, 0.25) is 0 Å². The van der Waals surface area contributed by atoms with Crippen molar-refractivity contribution in [3.8, 4) is 11.5 Å². The highest BCUT2D eigenvalue weighted by Gasteiger charge is 2.38. The monoisotopic (exact) mass is 357 g/mol. The van der Waals surface area contributed by atoms with Gasteiger partial charge in [0.05, 0.1) is 6.61 Å². The van der Waals surface area contributed by atoms with E-state index in [0.717, 1.165) is 6.20 Å². The van der Waals surface area contributed by atoms with Crippen LogP contribution in [0.3, 0.4) is 0 Å². The smallest absolute Gasteiger partial charge is 0.387 e. The number of cyclic esters (lactones) is 2. The maximum absolute atomic E-state index is 12.4. The number of ether oxygens (including phenoxy) is 4. The summed E-state index contributed by atoms with van der Waals surface area (Å²) >= 11 is 0. The predicted molar refractivity (Wildman–Crippen MR) is 82.2 cm³/mol. The van der Waals surface area contributed by atoms with Gasteiger partial charge in [0.2, 0.25) is 0 Å². The summed E-state index contributed by atoms with van der Waals surface area (Å²) in [5.41, 5.74) is 0.0493. The summed E-state index contributed by atoms with van der Waals surface area (Å²) in [6.07, 6.45) is 1.11. The van der Waals surface area contributed by atoms with Crippen LogP contribution in [0.5, 0.6) is 11.5 Å². The number of nitrogens with one attached hydrogen (secondary N) is 1. The number of esters is 2. The van der Waals surface area contributed by atoms with Crippen molar-refractivity contribution in [3.05, 3.63) is 30.0 Å². The second-order valence-corrected chi connectivity index (χ2v) is 5.35. The van der Waals surface area contributed by atoms with E-state index in [9.17, 15) is 18.4 Å². The van der Waals surface area contributed by atoms with E-state index >= 15 is 0 Å². The van der Waals surface area contributed by atoms with E-state index in [2.05, 4.69) is 10.1 Å². The van der Waals surface area contributed by atoms with Crippen LogP contribution >= 0.6 is 0 Å². The molecule has 0 radical (unpaired) electrons. The number of benzene rings is 1. The van der Waals surface area contributed by atoms with Gasteiger partial charge in [-0.1, -0.05) is 0 Å². The molecular formula is C16H17F2NO6. The molecule has 0 bridgehead atoms. The number of alkyl halides is 2. The lowest BCUT2D eigenvalue weighted by atomic mass is 10.2. The molecule has 0 unspecified atom stereocenters. The van der Waals surface area contributed by atoms with Crippen LogP contribution in [0.1, 0.15) is 20.8 Å². The molecule has 0 saturated carbocycles. The molecule has 0 aliphatic carbocycles. The van der Waals surface area contributed by atoms with E-state index in [1.54, 1.807) is 6.92 Å². The Kier molecular flexibility index (Phi) is 5.45. The quantitative estimate of drug-likeness (QED) is 0.476. The van der Waals surface area contributed by atoms with Crippen molar-refractivity contribution in [3.63, 3.8) is 0 Å². The lowest BCUT2D eigenvalue weighted by Crippen LogP contribution is -2.42. The van der Waals surface area contributed by atoms with Gasteiger partial charge in [-0.2, -0.15) is 8.78 Å². The second kappa shape index (κ2) is 7.37. The van der Waals surface area contributed by atoms with E-state index in [1.807, 2.05) is 0 Å². The first-order chi connectivity index (χ1) is 11.7. The van der Waals surface area contributed by atoms with Crippen LogP contribution in [-0.2, 0) is 19.1 Å². The molecule has 1 saturated heterocycles. The summed E-state index contributed by atoms with van der Waals surface area (Å²) < 4.78 is 44.2. The highest BCUT2D eigenvalue weighted by molar-refractivity contribution is 6.15. The maximum atomic E-state index is 12.4. The fraction of sp³-hybridized carbons (Fsp3) is 0.375. The molecule has 1 heterocycles. The van der Waals surface area contributed by atoms with Gasteiger partial charge in [-0.3, -0.25) is 0 Å². The van der Waals surface area contributed by atoms with Crippen LogP contribution in [0, 0.1) is 0 Å². The van der Waals surface area contributed by atoms with E-state index < -0.39 is 24.3 Å². The van der Waals surface area contributed by atoms with Gasteiger partial charge < -0.3 is 24.3 Å². The van der Waals surface area contributed by atoms with Crippen molar-refractivity contribution in [2.45, 2.75) is 33.2 Å². The van der Waals surface area contributed by atoms with Gasteiger partial charge >= 0.3 is 18.6 Å². The van der Waals surface area contributed by atoms with Gasteiger partial charge in [0.25, 0.3) is 5.79 Å². The van der Waals surface area contributed by atoms with Gasteiger partial charge in [0, 0.05) is 31.8 Å². The first-order valence-electron chi connectivity index (χ1n) is 7.37. The van der Waals surface area contributed by atoms with E-state index in [0.29, 0.717) is 5.69 Å². The minimum Gasteiger partial charge on any atom is -0.490 e. The standard InChI is InChI=1S/C16H17F2NO6/c1-4-22-12-7-9(5-6-11(12)23-15(17)18)19-8-10-13(20)24-16(2,3)25-14(10)21/h5-8,15,19H,4H2,1-3H3. The molecular weight excluding hydrogens is 340 g/mol. The van der Waals surface area contributed by atoms with Crippen molar-refractivity contribution in [1.29, 1.82) is 0 Å². The van der Waals surface area contributed by atoms with Gasteiger partial charge in [-0.15, -0.1) is 0 Å². The molecule has 1 aliphatic heterocycles. The second-order valence-electron chi connectivity index (χ2n) is 5.35. The molecule has 0 spiro atoms. The van der Waals surface area contributed by atoms with Gasteiger partial charge in [0.15, 0.2) is 17.1 Å². The summed E-state index contributed by atoms with van der Waals surface area (Å²) in [5.74, 6) is -3.05. The van der Waals surface area contributed by atoms with Crippen molar-refractivity contribution in [2.75, 3.05) is 11.9 Å². The largest absolute Gasteiger partial charge is 0.490 e. The maximum Gasteiger partial charge on any atom is 0.387 e. The molecule has 1 aliphatic rings. The SMILES string of the molecule is CCOc1cc(NC=C2C(=O)OC(C)(C)OC2=O)ccc1OC(F)F. The first kappa shape index (κ1) is 18.5. The topological polar surface area (TPSA) is 83.1 Å². The number of hydrogen-bond acceptors (Lipinski definition) is 7. The summed E-state index contributed by atoms with van der Waals surface area (Å²) in [6, 6.07) is 4.08. The van der Waals surface area contributed by atoms with Crippen LogP contribution in [-0.4, -0.2) is 30.9 Å². The van der Waals surface area contributed by atoms with E-state index in [1.165, 1.54) is 32.0 Å². The summed E-state index contributed by atoms with van der Waals surface area (Å²) in [4.78, 5) is 23.7. The Balaban J connectivity index is 2.18. The van der Waals surface area contributed by atoms with Crippen molar-refractivity contribution < 1.29 is 37.3 Å². The first-order valence-corrected chi connectivity index (χ1v) is 7.37. The van der Waals surface area contributed by atoms with Gasteiger partial charge in [-0.25, -0.2) is 9.59 Å². The van der Waals surface area contributed by atoms with Crippen molar-refractivity contribution in [1.82, 2.24) is 0 Å². The van der Waals surface area contributed by atoms with Gasteiger partial charge in [-0.05, 0) is 19.1 Å². The third-order valence-electron chi connectivity index (χ3n) is 2.96. The Morgan fingerprint density at radius 2 is 1.84 bits per heavy atom. The Morgan fingerprint density at radius 3 is 2.40 bits per heavy atom. The normalized spacial score (nSPS) is 16.2. The summed E-state index contributed by atoms with van der Waals surface area (Å²) in [5, 5.41) is 2.70. The van der Waals surface area contributed by atoms with E-state index in [4.69, 9.17) is 14.2 Å². The van der Waals surface area contributed by atoms with Crippen LogP contribution in [0.15, 0.2) is 30.0 Å². The van der Waals surface area contributed by atoms with Crippen molar-refractivity contribution in [2.24, 2.45) is 0 Å². The van der Waals surface area contributed by atoms with Crippen LogP contribution < -0.4 is 14.8 Å². The zero-order valence-corrected chi connectivity index (χ0v) is 13.8. The Bertz CT molecular complexity index is 680. The number of hydrogen-bond donors (Lipinski definition) is 1. The van der Waals surface area contributed by atoms with E-state index in [-0.39, 0.29) is 23.7 Å². The van der Waals surface area contributed by atoms with Gasteiger partial charge in [0.1, 0.15) is 0 Å². The summed E-state index contributed by atoms with van der Waals surface area (Å²) in [7, 11) is 0. The molecule has 1 N–H and O–H groups in total.